The summed E-state index contributed by atoms with van der Waals surface area (Å²) < 4.78 is 46.7. The van der Waals surface area contributed by atoms with Crippen LogP contribution in [0.15, 0.2) is 0 Å². The largest absolute Gasteiger partial charge is 0.394 e. The van der Waals surface area contributed by atoms with Crippen molar-refractivity contribution in [1.82, 2.24) is 10.6 Å². The van der Waals surface area contributed by atoms with Gasteiger partial charge in [-0.3, -0.25) is 9.59 Å². The van der Waals surface area contributed by atoms with E-state index in [0.29, 0.717) is 12.8 Å². The van der Waals surface area contributed by atoms with Gasteiger partial charge in [-0.1, -0.05) is 232 Å². The van der Waals surface area contributed by atoms with Gasteiger partial charge in [-0.05, 0) is 19.8 Å². The van der Waals surface area contributed by atoms with E-state index >= 15 is 0 Å². The number of carbonyl (C=O) groups is 2. The quantitative estimate of drug-likeness (QED) is 0.0381. The van der Waals surface area contributed by atoms with E-state index in [1.54, 1.807) is 0 Å². The van der Waals surface area contributed by atoms with E-state index in [-0.39, 0.29) is 12.8 Å². The van der Waals surface area contributed by atoms with Gasteiger partial charge in [0.1, 0.15) is 104 Å². The van der Waals surface area contributed by atoms with Gasteiger partial charge in [0.25, 0.3) is 0 Å². The minimum atomic E-state index is -2.09. The molecule has 0 aliphatic carbocycles. The Hall–Kier alpha value is -1.94. The molecule has 24 unspecified atom stereocenters. The second kappa shape index (κ2) is 49.6. The zero-order valence-corrected chi connectivity index (χ0v) is 58.5. The average Bonchev–Trinajstić information content (AvgIpc) is 1.00. The van der Waals surface area contributed by atoms with E-state index in [4.69, 9.17) is 37.9 Å². The van der Waals surface area contributed by atoms with E-state index in [1.165, 1.54) is 155 Å². The predicted octanol–water partition coefficient (Wildman–Crippen LogP) is 4.10. The summed E-state index contributed by atoms with van der Waals surface area (Å²) in [5, 5.41) is 159. The van der Waals surface area contributed by atoms with Crippen LogP contribution >= 0.6 is 0 Å². The molecule has 26 heteroatoms. The molecule has 0 saturated carbocycles. The summed E-state index contributed by atoms with van der Waals surface area (Å²) in [4.78, 5) is 26.1. The molecular weight excluding hydrogens is 1250 g/mol. The number of hydrogen-bond acceptors (Lipinski definition) is 24. The molecule has 96 heavy (non-hydrogen) atoms. The summed E-state index contributed by atoms with van der Waals surface area (Å²) in [5.41, 5.74) is 0. The van der Waals surface area contributed by atoms with Crippen LogP contribution in [0.4, 0.5) is 0 Å². The van der Waals surface area contributed by atoms with Gasteiger partial charge in [0.05, 0.1) is 44.7 Å². The highest BCUT2D eigenvalue weighted by Crippen LogP contribution is 2.33. The third kappa shape index (κ3) is 30.9. The first kappa shape index (κ1) is 86.5. The number of unbranched alkanes of at least 4 members (excludes halogenated alkanes) is 32. The van der Waals surface area contributed by atoms with E-state index in [9.17, 15) is 81.1 Å². The summed E-state index contributed by atoms with van der Waals surface area (Å²) in [6.45, 7) is 4.01. The van der Waals surface area contributed by atoms with Crippen molar-refractivity contribution in [3.05, 3.63) is 0 Å². The normalized spacial score (nSPS) is 31.8. The number of nitrogens with one attached hydrogen (secondary N) is 2. The highest BCUT2D eigenvalue weighted by atomic mass is 16.8. The summed E-state index contributed by atoms with van der Waals surface area (Å²) >= 11 is 0. The molecular formula is C70H132N2O24. The first-order valence-electron chi connectivity index (χ1n) is 37.3. The number of ether oxygens (including phenoxy) is 8. The maximum Gasteiger partial charge on any atom is 0.249 e. The summed E-state index contributed by atoms with van der Waals surface area (Å²) in [6, 6.07) is -2.92. The molecule has 24 atom stereocenters. The zero-order chi connectivity index (χ0) is 70.4. The van der Waals surface area contributed by atoms with Gasteiger partial charge in [-0.15, -0.1) is 0 Å². The van der Waals surface area contributed by atoms with Crippen LogP contribution < -0.4 is 10.6 Å². The Morgan fingerprint density at radius 3 is 1.26 bits per heavy atom. The third-order valence-electron chi connectivity index (χ3n) is 19.5. The van der Waals surface area contributed by atoms with Gasteiger partial charge in [0, 0.05) is 6.92 Å². The SMILES string of the molecule is CCCCCCCCCCCCCCCCCCCCCCC(O)C(=O)NC(COC1OC(CO)C(O)C(O)C1OC1OC(COC2OC(COC3OC(C(C)O)C(O)C3O)C(O)C(O)C2NC(C)=O)C(O)C(O)C1O)C(O)C(O)CCCCCCCCCCCCCCCC. The van der Waals surface area contributed by atoms with Gasteiger partial charge in [0.15, 0.2) is 25.2 Å². The molecule has 2 amide bonds. The van der Waals surface area contributed by atoms with Crippen molar-refractivity contribution in [2.24, 2.45) is 0 Å². The average molecular weight is 1390 g/mol. The van der Waals surface area contributed by atoms with Crippen LogP contribution in [0.25, 0.3) is 0 Å². The monoisotopic (exact) mass is 1380 g/mol. The highest BCUT2D eigenvalue weighted by molar-refractivity contribution is 5.80. The molecule has 566 valence electrons. The lowest BCUT2D eigenvalue weighted by Crippen LogP contribution is -2.66. The standard InChI is InChI=1S/C70H132N2O24/c1-5-7-9-11-13-15-17-19-21-22-23-24-25-26-28-30-32-34-36-38-40-49(77)66(88)72-47(54(78)48(76)39-37-35-33-31-29-27-20-18-16-14-12-10-8-6-2)42-89-70-65(60(84)55(79)50(41-73)92-70)96-69-62(86)59(83)57(81)52(94-69)43-90-67-53(71-46(4)75)58(82)56(80)51(93-67)44-91-68-63(87)61(85)64(95-68)45(3)74/h45,47-65,67-70,73-74,76-87H,5-44H2,1-4H3,(H,71,75)(H,72,88). The van der Waals surface area contributed by atoms with E-state index < -0.39 is 185 Å². The lowest BCUT2D eigenvalue weighted by atomic mass is 9.96. The molecule has 0 aromatic heterocycles. The second-order valence-corrected chi connectivity index (χ2v) is 27.8. The Kier molecular flexibility index (Phi) is 44.7. The molecule has 0 aromatic carbocycles. The molecule has 0 bridgehead atoms. The summed E-state index contributed by atoms with van der Waals surface area (Å²) in [6.07, 6.45) is 2.97. The highest BCUT2D eigenvalue weighted by Gasteiger charge is 2.53. The van der Waals surface area contributed by atoms with Crippen molar-refractivity contribution < 1.29 is 119 Å². The Morgan fingerprint density at radius 2 is 0.823 bits per heavy atom. The lowest BCUT2D eigenvalue weighted by Gasteiger charge is -2.47. The minimum Gasteiger partial charge on any atom is -0.394 e. The van der Waals surface area contributed by atoms with Gasteiger partial charge in [0.2, 0.25) is 11.8 Å². The fraction of sp³-hybridized carbons (Fsp3) is 0.971. The maximum atomic E-state index is 13.7. The molecule has 0 spiro atoms. The first-order valence-corrected chi connectivity index (χ1v) is 37.3. The second-order valence-electron chi connectivity index (χ2n) is 27.8. The Labute approximate surface area is 571 Å². The molecule has 0 aromatic rings. The zero-order valence-electron chi connectivity index (χ0n) is 58.5. The van der Waals surface area contributed by atoms with Crippen molar-refractivity contribution in [3.63, 3.8) is 0 Å². The van der Waals surface area contributed by atoms with Crippen molar-refractivity contribution in [1.29, 1.82) is 0 Å². The van der Waals surface area contributed by atoms with Crippen LogP contribution in [0.1, 0.15) is 259 Å². The maximum absolute atomic E-state index is 13.7. The smallest absolute Gasteiger partial charge is 0.249 e. The Bertz CT molecular complexity index is 1970. The van der Waals surface area contributed by atoms with Crippen LogP contribution in [0, 0.1) is 0 Å². The predicted molar refractivity (Wildman–Crippen MR) is 355 cm³/mol. The molecule has 4 fully saturated rings. The summed E-state index contributed by atoms with van der Waals surface area (Å²) in [5.74, 6) is -1.53. The number of carbonyl (C=O) groups excluding carboxylic acids is 2. The number of aliphatic hydroxyl groups is 14. The fourth-order valence-electron chi connectivity index (χ4n) is 13.3. The lowest BCUT2D eigenvalue weighted by molar-refractivity contribution is -0.371. The Morgan fingerprint density at radius 1 is 0.427 bits per heavy atom. The molecule has 16 N–H and O–H groups in total. The molecule has 4 saturated heterocycles. The molecule has 4 aliphatic heterocycles. The molecule has 4 aliphatic rings. The van der Waals surface area contributed by atoms with E-state index in [2.05, 4.69) is 24.5 Å². The number of hydrogen-bond donors (Lipinski definition) is 16. The van der Waals surface area contributed by atoms with E-state index in [0.717, 1.165) is 64.7 Å². The topological polar surface area (TPSA) is 415 Å². The molecule has 0 radical (unpaired) electrons. The third-order valence-corrected chi connectivity index (χ3v) is 19.5. The van der Waals surface area contributed by atoms with Gasteiger partial charge >= 0.3 is 0 Å². The fourth-order valence-corrected chi connectivity index (χ4v) is 13.3. The number of aliphatic hydroxyl groups excluding tert-OH is 14. The van der Waals surface area contributed by atoms with Gasteiger partial charge in [-0.2, -0.15) is 0 Å². The molecule has 26 nitrogen and oxygen atoms in total. The van der Waals surface area contributed by atoms with Crippen molar-refractivity contribution in [3.8, 4) is 0 Å². The molecule has 4 rings (SSSR count). The van der Waals surface area contributed by atoms with Crippen LogP contribution in [0.3, 0.4) is 0 Å². The van der Waals surface area contributed by atoms with Gasteiger partial charge < -0.3 is 120 Å². The first-order chi connectivity index (χ1) is 46.2. The minimum absolute atomic E-state index is 0.126. The Balaban J connectivity index is 1.36. The van der Waals surface area contributed by atoms with Crippen molar-refractivity contribution in [2.75, 3.05) is 26.4 Å². The van der Waals surface area contributed by atoms with Crippen molar-refractivity contribution >= 4 is 11.8 Å². The number of rotatable bonds is 54. The number of amides is 2. The van der Waals surface area contributed by atoms with Crippen LogP contribution in [-0.4, -0.2) is 257 Å². The van der Waals surface area contributed by atoms with Crippen LogP contribution in [0.2, 0.25) is 0 Å². The molecule has 4 heterocycles. The summed E-state index contributed by atoms with van der Waals surface area (Å²) in [7, 11) is 0. The van der Waals surface area contributed by atoms with Crippen molar-refractivity contribution in [2.45, 2.75) is 406 Å². The van der Waals surface area contributed by atoms with Crippen LogP contribution in [0.5, 0.6) is 0 Å². The van der Waals surface area contributed by atoms with Crippen LogP contribution in [-0.2, 0) is 47.5 Å². The van der Waals surface area contributed by atoms with E-state index in [1.807, 2.05) is 0 Å². The van der Waals surface area contributed by atoms with Gasteiger partial charge in [-0.25, -0.2) is 0 Å².